The number of rotatable bonds is 5. The fourth-order valence-electron chi connectivity index (χ4n) is 1.21. The van der Waals surface area contributed by atoms with Gasteiger partial charge in [-0.25, -0.2) is 0 Å². The Labute approximate surface area is 73.4 Å². The topological polar surface area (TPSA) is 57.5 Å². The molecule has 0 aliphatic heterocycles. The molecule has 0 radical (unpaired) electrons. The summed E-state index contributed by atoms with van der Waals surface area (Å²) in [5, 5.41) is 18.1. The van der Waals surface area contributed by atoms with Gasteiger partial charge in [0.05, 0.1) is 12.0 Å². The zero-order valence-electron chi connectivity index (χ0n) is 7.95. The van der Waals surface area contributed by atoms with Crippen molar-refractivity contribution in [2.75, 3.05) is 0 Å². The first-order chi connectivity index (χ1) is 5.49. The van der Waals surface area contributed by atoms with Crippen LogP contribution in [0.2, 0.25) is 0 Å². The van der Waals surface area contributed by atoms with E-state index in [1.165, 1.54) is 0 Å². The van der Waals surface area contributed by atoms with Crippen LogP contribution in [0.4, 0.5) is 0 Å². The lowest BCUT2D eigenvalue weighted by molar-refractivity contribution is -0.146. The summed E-state index contributed by atoms with van der Waals surface area (Å²) < 4.78 is 0. The van der Waals surface area contributed by atoms with Gasteiger partial charge in [0.2, 0.25) is 0 Å². The second-order valence-corrected chi connectivity index (χ2v) is 3.55. The van der Waals surface area contributed by atoms with E-state index < -0.39 is 18.0 Å². The van der Waals surface area contributed by atoms with E-state index in [0.717, 1.165) is 0 Å². The van der Waals surface area contributed by atoms with Gasteiger partial charge >= 0.3 is 5.97 Å². The minimum atomic E-state index is -0.891. The van der Waals surface area contributed by atoms with Gasteiger partial charge < -0.3 is 10.2 Å². The van der Waals surface area contributed by atoms with Gasteiger partial charge in [0.25, 0.3) is 0 Å². The highest BCUT2D eigenvalue weighted by Gasteiger charge is 2.25. The lowest BCUT2D eigenvalue weighted by Crippen LogP contribution is -2.28. The standard InChI is InChI=1S/C9H18O3/c1-4-8(10)7(9(11)12)5-6(2)3/h6-8,10H,4-5H2,1-3H3,(H,11,12). The van der Waals surface area contributed by atoms with Crippen LogP contribution in [0.15, 0.2) is 0 Å². The highest BCUT2D eigenvalue weighted by atomic mass is 16.4. The lowest BCUT2D eigenvalue weighted by Gasteiger charge is -2.19. The fraction of sp³-hybridized carbons (Fsp3) is 0.889. The molecule has 0 rings (SSSR count). The summed E-state index contributed by atoms with van der Waals surface area (Å²) in [4.78, 5) is 10.7. The van der Waals surface area contributed by atoms with Gasteiger partial charge in [-0.05, 0) is 18.8 Å². The Balaban J connectivity index is 4.13. The molecule has 3 heteroatoms. The molecule has 0 aromatic rings. The molecule has 0 heterocycles. The molecule has 0 amide bonds. The molecule has 2 unspecified atom stereocenters. The first-order valence-electron chi connectivity index (χ1n) is 4.39. The molecule has 0 aliphatic carbocycles. The van der Waals surface area contributed by atoms with E-state index >= 15 is 0 Å². The van der Waals surface area contributed by atoms with Gasteiger partial charge in [-0.1, -0.05) is 20.8 Å². The van der Waals surface area contributed by atoms with E-state index in [-0.39, 0.29) is 0 Å². The van der Waals surface area contributed by atoms with Crippen molar-refractivity contribution in [3.63, 3.8) is 0 Å². The van der Waals surface area contributed by atoms with E-state index in [4.69, 9.17) is 5.11 Å². The van der Waals surface area contributed by atoms with Gasteiger partial charge in [0.1, 0.15) is 0 Å². The molecule has 72 valence electrons. The summed E-state index contributed by atoms with van der Waals surface area (Å²) in [6.45, 7) is 5.71. The molecule has 0 aromatic heterocycles. The Morgan fingerprint density at radius 3 is 2.17 bits per heavy atom. The molecule has 0 saturated heterocycles. The summed E-state index contributed by atoms with van der Waals surface area (Å²) in [5.74, 6) is -1.18. The zero-order chi connectivity index (χ0) is 9.72. The summed E-state index contributed by atoms with van der Waals surface area (Å²) in [7, 11) is 0. The molecule has 12 heavy (non-hydrogen) atoms. The third-order valence-electron chi connectivity index (χ3n) is 1.93. The predicted octanol–water partition coefficient (Wildman–Crippen LogP) is 1.50. The van der Waals surface area contributed by atoms with Crippen molar-refractivity contribution in [3.8, 4) is 0 Å². The average Bonchev–Trinajstić information content (AvgIpc) is 1.98. The van der Waals surface area contributed by atoms with Crippen LogP contribution >= 0.6 is 0 Å². The van der Waals surface area contributed by atoms with Gasteiger partial charge in [-0.15, -0.1) is 0 Å². The maximum Gasteiger partial charge on any atom is 0.309 e. The second-order valence-electron chi connectivity index (χ2n) is 3.55. The van der Waals surface area contributed by atoms with E-state index in [1.54, 1.807) is 6.92 Å². The number of hydrogen-bond acceptors (Lipinski definition) is 2. The number of aliphatic hydroxyl groups is 1. The molecule has 0 aliphatic rings. The quantitative estimate of drug-likeness (QED) is 0.664. The summed E-state index contributed by atoms with van der Waals surface area (Å²) in [5.41, 5.74) is 0. The highest BCUT2D eigenvalue weighted by molar-refractivity contribution is 5.70. The van der Waals surface area contributed by atoms with Crippen LogP contribution < -0.4 is 0 Å². The maximum absolute atomic E-state index is 10.7. The number of carboxylic acid groups (broad SMARTS) is 1. The molecule has 0 fully saturated rings. The number of carbonyl (C=O) groups is 1. The average molecular weight is 174 g/mol. The predicted molar refractivity (Wildman–Crippen MR) is 46.9 cm³/mol. The monoisotopic (exact) mass is 174 g/mol. The van der Waals surface area contributed by atoms with E-state index in [1.807, 2.05) is 13.8 Å². The molecule has 0 spiro atoms. The van der Waals surface area contributed by atoms with Gasteiger partial charge in [0, 0.05) is 0 Å². The number of aliphatic hydroxyl groups excluding tert-OH is 1. The van der Waals surface area contributed by atoms with Crippen LogP contribution in [0.1, 0.15) is 33.6 Å². The van der Waals surface area contributed by atoms with Gasteiger partial charge in [-0.2, -0.15) is 0 Å². The van der Waals surface area contributed by atoms with Crippen LogP contribution in [-0.2, 0) is 4.79 Å². The van der Waals surface area contributed by atoms with E-state index in [0.29, 0.717) is 18.8 Å². The Hall–Kier alpha value is -0.570. The van der Waals surface area contributed by atoms with E-state index in [2.05, 4.69) is 0 Å². The first kappa shape index (κ1) is 11.4. The van der Waals surface area contributed by atoms with Crippen molar-refractivity contribution in [1.82, 2.24) is 0 Å². The van der Waals surface area contributed by atoms with Crippen LogP contribution in [0.5, 0.6) is 0 Å². The minimum absolute atomic E-state index is 0.312. The number of hydrogen-bond donors (Lipinski definition) is 2. The van der Waals surface area contributed by atoms with E-state index in [9.17, 15) is 9.90 Å². The maximum atomic E-state index is 10.7. The summed E-state index contributed by atoms with van der Waals surface area (Å²) >= 11 is 0. The molecular formula is C9H18O3. The highest BCUT2D eigenvalue weighted by Crippen LogP contribution is 2.17. The van der Waals surface area contributed by atoms with Crippen molar-refractivity contribution in [3.05, 3.63) is 0 Å². The number of aliphatic carboxylic acids is 1. The van der Waals surface area contributed by atoms with Crippen molar-refractivity contribution >= 4 is 5.97 Å². The summed E-state index contributed by atoms with van der Waals surface area (Å²) in [6.07, 6.45) is 0.346. The first-order valence-corrected chi connectivity index (χ1v) is 4.39. The van der Waals surface area contributed by atoms with Gasteiger partial charge in [0.15, 0.2) is 0 Å². The Morgan fingerprint density at radius 1 is 1.42 bits per heavy atom. The molecule has 0 saturated carbocycles. The smallest absolute Gasteiger partial charge is 0.309 e. The third-order valence-corrected chi connectivity index (χ3v) is 1.93. The molecule has 3 nitrogen and oxygen atoms in total. The molecule has 2 atom stereocenters. The van der Waals surface area contributed by atoms with Crippen LogP contribution in [-0.4, -0.2) is 22.3 Å². The van der Waals surface area contributed by atoms with Crippen molar-refractivity contribution in [2.45, 2.75) is 39.7 Å². The van der Waals surface area contributed by atoms with Crippen LogP contribution in [0.3, 0.4) is 0 Å². The second kappa shape index (κ2) is 5.14. The van der Waals surface area contributed by atoms with Crippen molar-refractivity contribution < 1.29 is 15.0 Å². The summed E-state index contributed by atoms with van der Waals surface area (Å²) in [6, 6.07) is 0. The Bertz CT molecular complexity index is 143. The molecule has 0 bridgehead atoms. The molecule has 0 aromatic carbocycles. The van der Waals surface area contributed by atoms with Gasteiger partial charge in [-0.3, -0.25) is 4.79 Å². The van der Waals surface area contributed by atoms with Crippen LogP contribution in [0, 0.1) is 11.8 Å². The minimum Gasteiger partial charge on any atom is -0.481 e. The molecular weight excluding hydrogens is 156 g/mol. The number of carboxylic acids is 1. The third kappa shape index (κ3) is 3.72. The molecule has 2 N–H and O–H groups in total. The zero-order valence-corrected chi connectivity index (χ0v) is 7.95. The largest absolute Gasteiger partial charge is 0.481 e. The fourth-order valence-corrected chi connectivity index (χ4v) is 1.21. The Kier molecular flexibility index (Phi) is 4.90. The lowest BCUT2D eigenvalue weighted by atomic mass is 9.91. The SMILES string of the molecule is CCC(O)C(CC(C)C)C(=O)O. The van der Waals surface area contributed by atoms with Crippen LogP contribution in [0.25, 0.3) is 0 Å². The van der Waals surface area contributed by atoms with Crippen molar-refractivity contribution in [1.29, 1.82) is 0 Å². The Morgan fingerprint density at radius 2 is 1.92 bits per heavy atom. The normalized spacial score (nSPS) is 16.1. The van der Waals surface area contributed by atoms with Crippen molar-refractivity contribution in [2.24, 2.45) is 11.8 Å².